The molecule has 1 N–H and O–H groups in total. The molecule has 0 aliphatic carbocycles. The second-order valence-electron chi connectivity index (χ2n) is 4.87. The minimum absolute atomic E-state index is 0.513. The van der Waals surface area contributed by atoms with Crippen molar-refractivity contribution in [3.05, 3.63) is 24.3 Å². The summed E-state index contributed by atoms with van der Waals surface area (Å²) in [6.45, 7) is 3.34. The van der Waals surface area contributed by atoms with E-state index in [4.69, 9.17) is 0 Å². The molecule has 1 atom stereocenters. The molecule has 1 aliphatic rings. The maximum atomic E-state index is 11.7. The van der Waals surface area contributed by atoms with Gasteiger partial charge in [-0.1, -0.05) is 12.8 Å². The van der Waals surface area contributed by atoms with Crippen molar-refractivity contribution in [2.45, 2.75) is 38.1 Å². The van der Waals surface area contributed by atoms with Crippen LogP contribution >= 0.6 is 0 Å². The topological polar surface area (TPSA) is 66.3 Å². The smallest absolute Gasteiger partial charge is 0.330 e. The van der Waals surface area contributed by atoms with Crippen LogP contribution in [0.3, 0.4) is 0 Å². The van der Waals surface area contributed by atoms with Gasteiger partial charge < -0.3 is 5.11 Å². The van der Waals surface area contributed by atoms with E-state index in [1.54, 1.807) is 25.5 Å². The van der Waals surface area contributed by atoms with Crippen molar-refractivity contribution in [1.29, 1.82) is 0 Å². The van der Waals surface area contributed by atoms with E-state index in [9.17, 15) is 9.90 Å². The van der Waals surface area contributed by atoms with Crippen LogP contribution in [-0.4, -0.2) is 39.0 Å². The van der Waals surface area contributed by atoms with E-state index >= 15 is 0 Å². The highest BCUT2D eigenvalue weighted by atomic mass is 16.4. The predicted octanol–water partition coefficient (Wildman–Crippen LogP) is 1.65. The van der Waals surface area contributed by atoms with Gasteiger partial charge in [0, 0.05) is 12.4 Å². The van der Waals surface area contributed by atoms with E-state index in [0.29, 0.717) is 5.69 Å². The van der Waals surface area contributed by atoms with Gasteiger partial charge in [0.2, 0.25) is 0 Å². The highest BCUT2D eigenvalue weighted by Crippen LogP contribution is 2.29. The minimum Gasteiger partial charge on any atom is -0.480 e. The first-order chi connectivity index (χ1) is 8.65. The Morgan fingerprint density at radius 3 is 2.44 bits per heavy atom. The molecule has 0 bridgehead atoms. The van der Waals surface area contributed by atoms with Gasteiger partial charge in [-0.25, -0.2) is 4.79 Å². The van der Waals surface area contributed by atoms with E-state index < -0.39 is 11.5 Å². The van der Waals surface area contributed by atoms with Crippen LogP contribution in [0.1, 0.15) is 38.3 Å². The zero-order valence-corrected chi connectivity index (χ0v) is 10.7. The number of hydrogen-bond donors (Lipinski definition) is 1. The average molecular weight is 249 g/mol. The van der Waals surface area contributed by atoms with Crippen molar-refractivity contribution in [3.63, 3.8) is 0 Å². The third-order valence-electron chi connectivity index (χ3n) is 3.72. The van der Waals surface area contributed by atoms with E-state index in [1.807, 2.05) is 4.90 Å². The normalized spacial score (nSPS) is 20.9. The number of carboxylic acids is 1. The minimum atomic E-state index is -1.07. The molecule has 1 aromatic heterocycles. The first-order valence-corrected chi connectivity index (χ1v) is 6.40. The molecule has 1 aromatic rings. The molecule has 18 heavy (non-hydrogen) atoms. The molecule has 0 amide bonds. The lowest BCUT2D eigenvalue weighted by Crippen LogP contribution is -2.50. The number of carboxylic acid groups (broad SMARTS) is 1. The second-order valence-corrected chi connectivity index (χ2v) is 4.87. The van der Waals surface area contributed by atoms with Gasteiger partial charge >= 0.3 is 5.97 Å². The second kappa shape index (κ2) is 5.44. The summed E-state index contributed by atoms with van der Waals surface area (Å²) < 4.78 is 0. The van der Waals surface area contributed by atoms with E-state index in [2.05, 4.69) is 9.97 Å². The number of nitrogens with zero attached hydrogens (tertiary/aromatic N) is 3. The molecule has 5 nitrogen and oxygen atoms in total. The molecule has 1 fully saturated rings. The van der Waals surface area contributed by atoms with Crippen LogP contribution in [0.5, 0.6) is 0 Å². The largest absolute Gasteiger partial charge is 0.480 e. The van der Waals surface area contributed by atoms with Crippen molar-refractivity contribution < 1.29 is 9.90 Å². The Kier molecular flexibility index (Phi) is 3.91. The van der Waals surface area contributed by atoms with Gasteiger partial charge in [-0.05, 0) is 32.9 Å². The standard InChI is InChI=1S/C13H19N3O2/c1-13(12(17)18,11-10-14-6-7-15-11)16-8-4-2-3-5-9-16/h6-7,10H,2-5,8-9H2,1H3,(H,17,18). The number of aliphatic carboxylic acids is 1. The Morgan fingerprint density at radius 1 is 1.28 bits per heavy atom. The lowest BCUT2D eigenvalue weighted by atomic mass is 9.95. The van der Waals surface area contributed by atoms with Crippen molar-refractivity contribution in [3.8, 4) is 0 Å². The molecule has 1 saturated heterocycles. The highest BCUT2D eigenvalue weighted by molar-refractivity contribution is 5.79. The van der Waals surface area contributed by atoms with Gasteiger partial charge in [0.25, 0.3) is 0 Å². The van der Waals surface area contributed by atoms with Crippen LogP contribution in [0.15, 0.2) is 18.6 Å². The molecule has 1 aliphatic heterocycles. The Morgan fingerprint density at radius 2 is 1.94 bits per heavy atom. The zero-order valence-electron chi connectivity index (χ0n) is 10.7. The molecule has 98 valence electrons. The van der Waals surface area contributed by atoms with Gasteiger partial charge in [-0.3, -0.25) is 14.9 Å². The molecule has 0 radical (unpaired) electrons. The third-order valence-corrected chi connectivity index (χ3v) is 3.72. The summed E-state index contributed by atoms with van der Waals surface area (Å²) in [7, 11) is 0. The monoisotopic (exact) mass is 249 g/mol. The SMILES string of the molecule is CC(C(=O)O)(c1cnccn1)N1CCCCCC1. The summed E-state index contributed by atoms with van der Waals surface area (Å²) in [6.07, 6.45) is 9.10. The maximum absolute atomic E-state index is 11.7. The summed E-state index contributed by atoms with van der Waals surface area (Å²) in [5.41, 5.74) is -0.557. The van der Waals surface area contributed by atoms with Crippen LogP contribution in [0.25, 0.3) is 0 Å². The highest BCUT2D eigenvalue weighted by Gasteiger charge is 2.42. The van der Waals surface area contributed by atoms with Crippen molar-refractivity contribution >= 4 is 5.97 Å². The third kappa shape index (κ3) is 2.36. The molecule has 2 heterocycles. The summed E-state index contributed by atoms with van der Waals surface area (Å²) in [6, 6.07) is 0. The Labute approximate surface area is 107 Å². The number of aromatic nitrogens is 2. The quantitative estimate of drug-likeness (QED) is 0.882. The van der Waals surface area contributed by atoms with Crippen LogP contribution < -0.4 is 0 Å². The van der Waals surface area contributed by atoms with E-state index in [-0.39, 0.29) is 0 Å². The van der Waals surface area contributed by atoms with Crippen molar-refractivity contribution in [2.24, 2.45) is 0 Å². The first kappa shape index (κ1) is 13.0. The van der Waals surface area contributed by atoms with Crippen LogP contribution in [-0.2, 0) is 10.3 Å². The van der Waals surface area contributed by atoms with Gasteiger partial charge in [0.1, 0.15) is 0 Å². The zero-order chi connectivity index (χ0) is 13.0. The molecule has 0 saturated carbocycles. The molecular formula is C13H19N3O2. The number of carbonyl (C=O) groups is 1. The van der Waals surface area contributed by atoms with Gasteiger partial charge in [-0.2, -0.15) is 0 Å². The van der Waals surface area contributed by atoms with Gasteiger partial charge in [-0.15, -0.1) is 0 Å². The van der Waals surface area contributed by atoms with E-state index in [0.717, 1.165) is 25.9 Å². The van der Waals surface area contributed by atoms with Crippen LogP contribution in [0.4, 0.5) is 0 Å². The number of rotatable bonds is 3. The van der Waals surface area contributed by atoms with Crippen LogP contribution in [0, 0.1) is 0 Å². The Balaban J connectivity index is 2.34. The fraction of sp³-hybridized carbons (Fsp3) is 0.615. The Hall–Kier alpha value is -1.49. The molecule has 5 heteroatoms. The van der Waals surface area contributed by atoms with Gasteiger partial charge in [0.15, 0.2) is 5.54 Å². The molecular weight excluding hydrogens is 230 g/mol. The predicted molar refractivity (Wildman–Crippen MR) is 67.1 cm³/mol. The number of hydrogen-bond acceptors (Lipinski definition) is 4. The molecule has 0 aromatic carbocycles. The Bertz CT molecular complexity index is 402. The molecule has 1 unspecified atom stereocenters. The fourth-order valence-electron chi connectivity index (χ4n) is 2.48. The fourth-order valence-corrected chi connectivity index (χ4v) is 2.48. The maximum Gasteiger partial charge on any atom is 0.330 e. The summed E-state index contributed by atoms with van der Waals surface area (Å²) >= 11 is 0. The first-order valence-electron chi connectivity index (χ1n) is 6.40. The van der Waals surface area contributed by atoms with Crippen LogP contribution in [0.2, 0.25) is 0 Å². The summed E-state index contributed by atoms with van der Waals surface area (Å²) in [5.74, 6) is -0.857. The lowest BCUT2D eigenvalue weighted by molar-refractivity contribution is -0.151. The van der Waals surface area contributed by atoms with Crippen molar-refractivity contribution in [1.82, 2.24) is 14.9 Å². The number of likely N-dealkylation sites (tertiary alicyclic amines) is 1. The van der Waals surface area contributed by atoms with Gasteiger partial charge in [0.05, 0.1) is 11.9 Å². The molecule has 0 spiro atoms. The summed E-state index contributed by atoms with van der Waals surface area (Å²) in [5, 5.41) is 9.62. The molecule has 2 rings (SSSR count). The lowest BCUT2D eigenvalue weighted by Gasteiger charge is -2.36. The van der Waals surface area contributed by atoms with Crippen molar-refractivity contribution in [2.75, 3.05) is 13.1 Å². The summed E-state index contributed by atoms with van der Waals surface area (Å²) in [4.78, 5) is 21.9. The average Bonchev–Trinajstić information content (AvgIpc) is 2.67. The van der Waals surface area contributed by atoms with E-state index in [1.165, 1.54) is 12.8 Å².